The summed E-state index contributed by atoms with van der Waals surface area (Å²) in [6.45, 7) is 2.08. The number of benzene rings is 2. The highest BCUT2D eigenvalue weighted by molar-refractivity contribution is 7.89. The lowest BCUT2D eigenvalue weighted by Crippen LogP contribution is -2.44. The number of aryl methyl sites for hydroxylation is 1. The number of para-hydroxylation sites is 1. The van der Waals surface area contributed by atoms with Crippen molar-refractivity contribution in [2.75, 3.05) is 18.5 Å². The molecule has 4 rings (SSSR count). The Bertz CT molecular complexity index is 1300. The van der Waals surface area contributed by atoms with Gasteiger partial charge >= 0.3 is 0 Å². The van der Waals surface area contributed by atoms with Gasteiger partial charge in [0.2, 0.25) is 15.9 Å². The van der Waals surface area contributed by atoms with Gasteiger partial charge in [-0.15, -0.1) is 0 Å². The smallest absolute Gasteiger partial charge is 0.273 e. The van der Waals surface area contributed by atoms with Crippen LogP contribution in [0.1, 0.15) is 18.7 Å². The number of fused-ring (bicyclic) bond motifs is 1. The minimum atomic E-state index is -3.65. The molecule has 0 atom stereocenters. The third-order valence-electron chi connectivity index (χ3n) is 5.44. The lowest BCUT2D eigenvalue weighted by molar-refractivity contribution is -0.121. The van der Waals surface area contributed by atoms with Gasteiger partial charge in [0, 0.05) is 24.0 Å². The second-order valence-electron chi connectivity index (χ2n) is 7.43. The summed E-state index contributed by atoms with van der Waals surface area (Å²) in [4.78, 5) is 30.1. The van der Waals surface area contributed by atoms with Gasteiger partial charge in [-0.05, 0) is 56.2 Å². The molecule has 0 bridgehead atoms. The first-order valence-electron chi connectivity index (χ1n) is 9.82. The van der Waals surface area contributed by atoms with Crippen LogP contribution in [0.4, 0.5) is 0 Å². The van der Waals surface area contributed by atoms with Crippen LogP contribution >= 0.6 is 11.6 Å². The molecule has 0 aliphatic carbocycles. The zero-order valence-corrected chi connectivity index (χ0v) is 18.4. The Hall–Kier alpha value is -2.75. The molecule has 10 heteroatoms. The number of piperidine rings is 1. The number of nitrogens with one attached hydrogen (secondary N) is 1. The van der Waals surface area contributed by atoms with Gasteiger partial charge < -0.3 is 0 Å². The predicted molar refractivity (Wildman–Crippen MR) is 118 cm³/mol. The van der Waals surface area contributed by atoms with Crippen molar-refractivity contribution >= 4 is 38.4 Å². The Labute approximate surface area is 184 Å². The minimum Gasteiger partial charge on any atom is -0.273 e. The van der Waals surface area contributed by atoms with E-state index in [1.165, 1.54) is 28.6 Å². The number of rotatable bonds is 4. The molecule has 1 aliphatic heterocycles. The number of halogens is 1. The number of hydrogen-bond acceptors (Lipinski definition) is 5. The van der Waals surface area contributed by atoms with Crippen molar-refractivity contribution in [3.63, 3.8) is 0 Å². The number of amides is 1. The van der Waals surface area contributed by atoms with Crippen LogP contribution in [0.2, 0.25) is 5.02 Å². The molecule has 3 aromatic rings. The fourth-order valence-electron chi connectivity index (χ4n) is 3.69. The molecular formula is C21H21ClN4O4S. The van der Waals surface area contributed by atoms with Crippen LogP contribution in [-0.2, 0) is 14.8 Å². The Balaban J connectivity index is 1.46. The number of hydrogen-bond donors (Lipinski definition) is 1. The molecule has 0 unspecified atom stereocenters. The maximum absolute atomic E-state index is 12.8. The molecule has 8 nitrogen and oxygen atoms in total. The number of aromatic nitrogens is 2. The van der Waals surface area contributed by atoms with Gasteiger partial charge in [0.05, 0.1) is 15.8 Å². The molecule has 2 aromatic carbocycles. The summed E-state index contributed by atoms with van der Waals surface area (Å²) in [5.41, 5.74) is 2.87. The maximum Gasteiger partial charge on any atom is 0.280 e. The van der Waals surface area contributed by atoms with E-state index in [1.807, 2.05) is 0 Å². The average molecular weight is 461 g/mol. The van der Waals surface area contributed by atoms with Crippen molar-refractivity contribution in [1.82, 2.24) is 14.0 Å². The molecule has 0 spiro atoms. The first kappa shape index (κ1) is 21.5. The van der Waals surface area contributed by atoms with Crippen LogP contribution < -0.4 is 11.0 Å². The molecule has 31 heavy (non-hydrogen) atoms. The molecule has 162 valence electrons. The van der Waals surface area contributed by atoms with Crippen molar-refractivity contribution in [3.8, 4) is 0 Å². The highest BCUT2D eigenvalue weighted by Crippen LogP contribution is 2.25. The van der Waals surface area contributed by atoms with E-state index >= 15 is 0 Å². The standard InChI is InChI=1S/C21H21ClN4O4S/c1-14-23-19-5-3-2-4-18(19)21(28)26(14)24-20(27)15-10-12-25(13-11-15)31(29,30)17-8-6-16(22)7-9-17/h2-9,15H,10-13H2,1H3,(H,24,27). The normalized spacial score (nSPS) is 15.8. The van der Waals surface area contributed by atoms with Gasteiger partial charge in [-0.3, -0.25) is 15.0 Å². The van der Waals surface area contributed by atoms with Crippen LogP contribution in [-0.4, -0.2) is 41.4 Å². The molecule has 0 radical (unpaired) electrons. The SMILES string of the molecule is Cc1nc2ccccc2c(=O)n1NC(=O)C1CCN(S(=O)(=O)c2ccc(Cl)cc2)CC1. The number of carbonyl (C=O) groups excluding carboxylic acids is 1. The number of carbonyl (C=O) groups is 1. The maximum atomic E-state index is 12.8. The van der Waals surface area contributed by atoms with Gasteiger partial charge in [0.15, 0.2) is 0 Å². The highest BCUT2D eigenvalue weighted by atomic mass is 35.5. The van der Waals surface area contributed by atoms with Crippen molar-refractivity contribution in [2.45, 2.75) is 24.7 Å². The van der Waals surface area contributed by atoms with E-state index in [-0.39, 0.29) is 29.5 Å². The zero-order valence-electron chi connectivity index (χ0n) is 16.8. The second kappa shape index (κ2) is 8.41. The molecule has 2 heterocycles. The Kier molecular flexibility index (Phi) is 5.83. The first-order chi connectivity index (χ1) is 14.8. The third-order valence-corrected chi connectivity index (χ3v) is 7.61. The van der Waals surface area contributed by atoms with Crippen molar-refractivity contribution in [1.29, 1.82) is 0 Å². The molecule has 1 aromatic heterocycles. The summed E-state index contributed by atoms with van der Waals surface area (Å²) < 4.78 is 28.1. The van der Waals surface area contributed by atoms with Gasteiger partial charge in [-0.25, -0.2) is 18.1 Å². The molecular weight excluding hydrogens is 440 g/mol. The molecule has 1 amide bonds. The van der Waals surface area contributed by atoms with Crippen LogP contribution in [0.3, 0.4) is 0 Å². The third kappa shape index (κ3) is 4.21. The van der Waals surface area contributed by atoms with E-state index in [0.717, 1.165) is 4.68 Å². The van der Waals surface area contributed by atoms with Gasteiger partial charge in [0.1, 0.15) is 5.82 Å². The largest absolute Gasteiger partial charge is 0.280 e. The van der Waals surface area contributed by atoms with Gasteiger partial charge in [-0.1, -0.05) is 23.7 Å². The molecule has 1 saturated heterocycles. The quantitative estimate of drug-likeness (QED) is 0.644. The van der Waals surface area contributed by atoms with Crippen molar-refractivity contribution in [3.05, 3.63) is 69.7 Å². The highest BCUT2D eigenvalue weighted by Gasteiger charge is 2.32. The topological polar surface area (TPSA) is 101 Å². The first-order valence-corrected chi connectivity index (χ1v) is 11.6. The lowest BCUT2D eigenvalue weighted by Gasteiger charge is -2.30. The monoisotopic (exact) mass is 460 g/mol. The molecule has 1 fully saturated rings. The van der Waals surface area contributed by atoms with E-state index in [0.29, 0.717) is 34.6 Å². The van der Waals surface area contributed by atoms with Crippen LogP contribution in [0, 0.1) is 12.8 Å². The molecule has 1 N–H and O–H groups in total. The summed E-state index contributed by atoms with van der Waals surface area (Å²) in [5, 5.41) is 0.875. The Morgan fingerprint density at radius 2 is 1.74 bits per heavy atom. The van der Waals surface area contributed by atoms with Crippen LogP contribution in [0.15, 0.2) is 58.2 Å². The van der Waals surface area contributed by atoms with E-state index in [2.05, 4.69) is 10.4 Å². The summed E-state index contributed by atoms with van der Waals surface area (Å²) in [6.07, 6.45) is 0.709. The molecule has 0 saturated carbocycles. The van der Waals surface area contributed by atoms with Gasteiger partial charge in [0.25, 0.3) is 5.56 Å². The summed E-state index contributed by atoms with van der Waals surface area (Å²) >= 11 is 5.84. The minimum absolute atomic E-state index is 0.171. The Morgan fingerprint density at radius 3 is 2.42 bits per heavy atom. The zero-order chi connectivity index (χ0) is 22.2. The number of nitrogens with zero attached hydrogens (tertiary/aromatic N) is 3. The van der Waals surface area contributed by atoms with Crippen molar-refractivity contribution < 1.29 is 13.2 Å². The van der Waals surface area contributed by atoms with E-state index in [9.17, 15) is 18.0 Å². The average Bonchev–Trinajstić information content (AvgIpc) is 2.77. The van der Waals surface area contributed by atoms with E-state index in [4.69, 9.17) is 11.6 Å². The number of sulfonamides is 1. The van der Waals surface area contributed by atoms with E-state index < -0.39 is 15.9 Å². The summed E-state index contributed by atoms with van der Waals surface area (Å²) in [5.74, 6) is -0.361. The van der Waals surface area contributed by atoms with Crippen LogP contribution in [0.25, 0.3) is 10.9 Å². The molecule has 1 aliphatic rings. The van der Waals surface area contributed by atoms with Crippen molar-refractivity contribution in [2.24, 2.45) is 5.92 Å². The van der Waals surface area contributed by atoms with E-state index in [1.54, 1.807) is 31.2 Å². The Morgan fingerprint density at radius 1 is 1.10 bits per heavy atom. The lowest BCUT2D eigenvalue weighted by atomic mass is 9.98. The predicted octanol–water partition coefficient (Wildman–Crippen LogP) is 2.53. The second-order valence-corrected chi connectivity index (χ2v) is 9.80. The fourth-order valence-corrected chi connectivity index (χ4v) is 5.29. The van der Waals surface area contributed by atoms with Crippen LogP contribution in [0.5, 0.6) is 0 Å². The fraction of sp³-hybridized carbons (Fsp3) is 0.286. The van der Waals surface area contributed by atoms with Gasteiger partial charge in [-0.2, -0.15) is 4.31 Å². The summed E-state index contributed by atoms with van der Waals surface area (Å²) in [6, 6.07) is 12.9. The summed E-state index contributed by atoms with van der Waals surface area (Å²) in [7, 11) is -3.65.